The summed E-state index contributed by atoms with van der Waals surface area (Å²) in [6, 6.07) is 24.0. The van der Waals surface area contributed by atoms with Crippen LogP contribution in [0.3, 0.4) is 0 Å². The number of hydrogen-bond acceptors (Lipinski definition) is 4. The van der Waals surface area contributed by atoms with Crippen LogP contribution in [-0.2, 0) is 11.3 Å². The molecule has 0 spiro atoms. The predicted octanol–water partition coefficient (Wildman–Crippen LogP) is 6.34. The quantitative estimate of drug-likeness (QED) is 0.343. The molecule has 1 amide bonds. The van der Waals surface area contributed by atoms with Crippen molar-refractivity contribution in [3.8, 4) is 5.75 Å². The van der Waals surface area contributed by atoms with Gasteiger partial charge in [0.05, 0.1) is 16.8 Å². The third-order valence-corrected chi connectivity index (χ3v) is 6.28. The number of fused-ring (bicyclic) bond motifs is 1. The molecule has 0 atom stereocenters. The number of benzene rings is 3. The maximum Gasteiger partial charge on any atom is 0.267 e. The van der Waals surface area contributed by atoms with Gasteiger partial charge < -0.3 is 4.74 Å². The van der Waals surface area contributed by atoms with Crippen LogP contribution in [0.1, 0.15) is 36.5 Å². The number of aromatic nitrogens is 1. The van der Waals surface area contributed by atoms with Gasteiger partial charge >= 0.3 is 0 Å². The Bertz CT molecular complexity index is 1170. The Balaban J connectivity index is 1.57. The van der Waals surface area contributed by atoms with Crippen LogP contribution in [-0.4, -0.2) is 17.5 Å². The molecule has 1 heterocycles. The van der Waals surface area contributed by atoms with E-state index in [1.165, 1.54) is 16.9 Å². The van der Waals surface area contributed by atoms with Crippen molar-refractivity contribution in [1.82, 2.24) is 4.98 Å². The van der Waals surface area contributed by atoms with Crippen LogP contribution in [0.5, 0.6) is 5.75 Å². The van der Waals surface area contributed by atoms with Crippen molar-refractivity contribution in [2.24, 2.45) is 0 Å². The van der Waals surface area contributed by atoms with Crippen molar-refractivity contribution < 1.29 is 9.53 Å². The fourth-order valence-electron chi connectivity index (χ4n) is 3.39. The molecule has 4 rings (SSSR count). The van der Waals surface area contributed by atoms with E-state index in [1.54, 1.807) is 4.90 Å². The van der Waals surface area contributed by atoms with Crippen LogP contribution in [0.25, 0.3) is 10.2 Å². The molecule has 0 saturated carbocycles. The van der Waals surface area contributed by atoms with Gasteiger partial charge in [-0.05, 0) is 47.7 Å². The van der Waals surface area contributed by atoms with Crippen molar-refractivity contribution >= 4 is 32.6 Å². The van der Waals surface area contributed by atoms with Crippen LogP contribution in [0.2, 0.25) is 0 Å². The summed E-state index contributed by atoms with van der Waals surface area (Å²) in [6.45, 7) is 6.76. The maximum atomic E-state index is 13.2. The van der Waals surface area contributed by atoms with Crippen molar-refractivity contribution in [2.75, 3.05) is 11.5 Å². The molecule has 0 unspecified atom stereocenters. The molecular weight excluding hydrogens is 404 g/mol. The van der Waals surface area contributed by atoms with Gasteiger partial charge in [-0.15, -0.1) is 0 Å². The third kappa shape index (κ3) is 4.94. The molecule has 5 heteroatoms. The summed E-state index contributed by atoms with van der Waals surface area (Å²) in [4.78, 5) is 19.7. The Kier molecular flexibility index (Phi) is 6.33. The number of thiazole rings is 1. The highest BCUT2D eigenvalue weighted by atomic mass is 32.1. The first-order valence-corrected chi connectivity index (χ1v) is 11.3. The van der Waals surface area contributed by atoms with Gasteiger partial charge in [0.25, 0.3) is 5.91 Å². The zero-order valence-corrected chi connectivity index (χ0v) is 18.9. The van der Waals surface area contributed by atoms with Crippen LogP contribution in [0.15, 0.2) is 72.8 Å². The number of aryl methyl sites for hydroxylation is 1. The topological polar surface area (TPSA) is 42.4 Å². The normalized spacial score (nSPS) is 11.1. The molecule has 0 radical (unpaired) electrons. The molecule has 0 fully saturated rings. The van der Waals surface area contributed by atoms with E-state index in [1.807, 2.05) is 79.7 Å². The number of nitrogens with zero attached hydrogens (tertiary/aromatic N) is 2. The van der Waals surface area contributed by atoms with Gasteiger partial charge in [-0.2, -0.15) is 0 Å². The number of anilines is 1. The number of para-hydroxylation sites is 1. The predicted molar refractivity (Wildman–Crippen MR) is 128 cm³/mol. The lowest BCUT2D eigenvalue weighted by Crippen LogP contribution is -2.34. The molecule has 0 bridgehead atoms. The Morgan fingerprint density at radius 2 is 1.74 bits per heavy atom. The molecule has 1 aromatic heterocycles. The highest BCUT2D eigenvalue weighted by Gasteiger charge is 2.21. The fourth-order valence-corrected chi connectivity index (χ4v) is 4.45. The van der Waals surface area contributed by atoms with E-state index in [4.69, 9.17) is 9.72 Å². The first-order valence-electron chi connectivity index (χ1n) is 10.4. The van der Waals surface area contributed by atoms with E-state index < -0.39 is 0 Å². The number of rotatable bonds is 7. The smallest absolute Gasteiger partial charge is 0.267 e. The zero-order valence-electron chi connectivity index (χ0n) is 18.0. The summed E-state index contributed by atoms with van der Waals surface area (Å²) in [6.07, 6.45) is 0. The van der Waals surface area contributed by atoms with E-state index in [0.717, 1.165) is 21.3 Å². The Morgan fingerprint density at radius 3 is 2.42 bits per heavy atom. The number of carbonyl (C=O) groups is 1. The summed E-state index contributed by atoms with van der Waals surface area (Å²) in [5.74, 6) is 1.03. The third-order valence-electron chi connectivity index (χ3n) is 5.23. The second-order valence-electron chi connectivity index (χ2n) is 7.90. The average molecular weight is 431 g/mol. The Hall–Kier alpha value is -3.18. The van der Waals surface area contributed by atoms with Gasteiger partial charge in [-0.1, -0.05) is 79.8 Å². The highest BCUT2D eigenvalue weighted by Crippen LogP contribution is 2.31. The number of ether oxygens (including phenoxy) is 1. The molecule has 0 saturated heterocycles. The first kappa shape index (κ1) is 21.1. The molecule has 0 aliphatic rings. The zero-order chi connectivity index (χ0) is 21.8. The van der Waals surface area contributed by atoms with Crippen molar-refractivity contribution in [3.05, 3.63) is 89.5 Å². The minimum Gasteiger partial charge on any atom is -0.484 e. The van der Waals surface area contributed by atoms with E-state index in [-0.39, 0.29) is 12.5 Å². The van der Waals surface area contributed by atoms with Gasteiger partial charge in [0, 0.05) is 0 Å². The lowest BCUT2D eigenvalue weighted by Gasteiger charge is -2.20. The molecule has 4 nitrogen and oxygen atoms in total. The van der Waals surface area contributed by atoms with E-state index in [0.29, 0.717) is 23.3 Å². The Morgan fingerprint density at radius 1 is 1.00 bits per heavy atom. The monoisotopic (exact) mass is 430 g/mol. The average Bonchev–Trinajstić information content (AvgIpc) is 3.22. The van der Waals surface area contributed by atoms with Crippen LogP contribution in [0, 0.1) is 6.92 Å². The summed E-state index contributed by atoms with van der Waals surface area (Å²) in [5, 5.41) is 0.692. The van der Waals surface area contributed by atoms with E-state index in [9.17, 15) is 4.79 Å². The van der Waals surface area contributed by atoms with E-state index in [2.05, 4.69) is 13.8 Å². The number of carbonyl (C=O) groups excluding carboxylic acids is 1. The minimum atomic E-state index is -0.117. The van der Waals surface area contributed by atoms with Gasteiger partial charge in [0.2, 0.25) is 0 Å². The number of amides is 1. The summed E-state index contributed by atoms with van der Waals surface area (Å²) in [7, 11) is 0. The van der Waals surface area contributed by atoms with Crippen LogP contribution >= 0.6 is 11.3 Å². The van der Waals surface area contributed by atoms with Crippen LogP contribution < -0.4 is 9.64 Å². The first-order chi connectivity index (χ1) is 15.0. The second kappa shape index (κ2) is 9.31. The standard InChI is InChI=1S/C26H26N2O2S/c1-18(2)21-12-14-22(15-13-21)30-17-24(29)28(16-20-9-5-4-6-10-20)26-27-25-19(3)8-7-11-23(25)31-26/h4-15,18H,16-17H2,1-3H3. The molecule has 158 valence electrons. The lowest BCUT2D eigenvalue weighted by molar-refractivity contribution is -0.120. The highest BCUT2D eigenvalue weighted by molar-refractivity contribution is 7.22. The fraction of sp³-hybridized carbons (Fsp3) is 0.231. The number of hydrogen-bond donors (Lipinski definition) is 0. The van der Waals surface area contributed by atoms with Gasteiger partial charge in [-0.25, -0.2) is 4.98 Å². The van der Waals surface area contributed by atoms with Gasteiger partial charge in [0.1, 0.15) is 5.75 Å². The maximum absolute atomic E-state index is 13.2. The Labute approximate surface area is 187 Å². The molecule has 0 aliphatic heterocycles. The van der Waals surface area contributed by atoms with Crippen molar-refractivity contribution in [3.63, 3.8) is 0 Å². The van der Waals surface area contributed by atoms with Gasteiger partial charge in [-0.3, -0.25) is 9.69 Å². The van der Waals surface area contributed by atoms with Crippen molar-refractivity contribution in [2.45, 2.75) is 33.2 Å². The summed E-state index contributed by atoms with van der Waals surface area (Å²) >= 11 is 1.53. The second-order valence-corrected chi connectivity index (χ2v) is 8.91. The largest absolute Gasteiger partial charge is 0.484 e. The molecule has 0 N–H and O–H groups in total. The molecule has 4 aromatic rings. The molecular formula is C26H26N2O2S. The summed E-state index contributed by atoms with van der Waals surface area (Å²) < 4.78 is 6.90. The lowest BCUT2D eigenvalue weighted by atomic mass is 10.0. The van der Waals surface area contributed by atoms with Crippen molar-refractivity contribution in [1.29, 1.82) is 0 Å². The van der Waals surface area contributed by atoms with E-state index >= 15 is 0 Å². The molecule has 3 aromatic carbocycles. The SMILES string of the molecule is Cc1cccc2sc(N(Cc3ccccc3)C(=O)COc3ccc(C(C)C)cc3)nc12. The van der Waals surface area contributed by atoms with Gasteiger partial charge in [0.15, 0.2) is 11.7 Å². The molecule has 31 heavy (non-hydrogen) atoms. The molecule has 0 aliphatic carbocycles. The minimum absolute atomic E-state index is 0.0389. The van der Waals surface area contributed by atoms with Crippen LogP contribution in [0.4, 0.5) is 5.13 Å². The summed E-state index contributed by atoms with van der Waals surface area (Å²) in [5.41, 5.74) is 4.34.